The van der Waals surface area contributed by atoms with Crippen LogP contribution in [0.1, 0.15) is 18.9 Å². The van der Waals surface area contributed by atoms with E-state index in [1.807, 2.05) is 0 Å². The molecule has 0 bridgehead atoms. The van der Waals surface area contributed by atoms with Gasteiger partial charge in [0.2, 0.25) is 0 Å². The Morgan fingerprint density at radius 2 is 2.35 bits per heavy atom. The minimum atomic E-state index is -0.994. The van der Waals surface area contributed by atoms with Crippen molar-refractivity contribution in [2.24, 2.45) is 0 Å². The Bertz CT molecular complexity index is 445. The number of nitrogens with one attached hydrogen (secondary N) is 1. The molecule has 1 aliphatic rings. The highest BCUT2D eigenvalue weighted by molar-refractivity contribution is 5.31. The van der Waals surface area contributed by atoms with Crippen molar-refractivity contribution in [2.75, 3.05) is 26.9 Å². The summed E-state index contributed by atoms with van der Waals surface area (Å²) in [5.74, 6) is -0.194. The second-order valence-electron chi connectivity index (χ2n) is 5.54. The summed E-state index contributed by atoms with van der Waals surface area (Å²) < 4.78 is 24.4. The monoisotopic (exact) mass is 283 g/mol. The predicted octanol–water partition coefficient (Wildman–Crippen LogP) is 1.51. The first-order valence-corrected chi connectivity index (χ1v) is 6.87. The first-order chi connectivity index (χ1) is 9.52. The molecule has 0 saturated carbocycles. The fourth-order valence-corrected chi connectivity index (χ4v) is 2.61. The molecule has 2 rings (SSSR count). The Balaban J connectivity index is 2.03. The molecule has 0 amide bonds. The van der Waals surface area contributed by atoms with E-state index in [4.69, 9.17) is 9.47 Å². The summed E-state index contributed by atoms with van der Waals surface area (Å²) in [6.45, 7) is 3.79. The molecule has 1 aromatic carbocycles. The van der Waals surface area contributed by atoms with Gasteiger partial charge in [0.15, 0.2) is 11.6 Å². The predicted molar refractivity (Wildman–Crippen MR) is 74.5 cm³/mol. The molecule has 0 radical (unpaired) electrons. The molecule has 2 atom stereocenters. The van der Waals surface area contributed by atoms with Gasteiger partial charge < -0.3 is 19.9 Å². The highest BCUT2D eigenvalue weighted by Gasteiger charge is 2.28. The zero-order valence-corrected chi connectivity index (χ0v) is 12.0. The maximum absolute atomic E-state index is 14.1. The Kier molecular flexibility index (Phi) is 4.96. The third kappa shape index (κ3) is 3.91. The van der Waals surface area contributed by atoms with Crippen molar-refractivity contribution in [3.05, 3.63) is 29.6 Å². The lowest BCUT2D eigenvalue weighted by Crippen LogP contribution is -2.46. The van der Waals surface area contributed by atoms with Gasteiger partial charge in [-0.1, -0.05) is 12.1 Å². The lowest BCUT2D eigenvalue weighted by molar-refractivity contribution is 0.00601. The average Bonchev–Trinajstić information content (AvgIpc) is 2.41. The SMILES string of the molecule is COc1cccc(CC(C)(O)CC2COCCN2)c1F. The van der Waals surface area contributed by atoms with Gasteiger partial charge in [0, 0.05) is 19.0 Å². The van der Waals surface area contributed by atoms with Gasteiger partial charge in [-0.25, -0.2) is 4.39 Å². The molecule has 20 heavy (non-hydrogen) atoms. The van der Waals surface area contributed by atoms with Gasteiger partial charge in [-0.3, -0.25) is 0 Å². The summed E-state index contributed by atoms with van der Waals surface area (Å²) in [4.78, 5) is 0. The zero-order chi connectivity index (χ0) is 14.6. The first-order valence-electron chi connectivity index (χ1n) is 6.87. The number of aliphatic hydroxyl groups is 1. The summed E-state index contributed by atoms with van der Waals surface area (Å²) in [5, 5.41) is 13.8. The molecule has 1 aliphatic heterocycles. The Labute approximate surface area is 118 Å². The molecule has 0 aliphatic carbocycles. The van der Waals surface area contributed by atoms with Crippen molar-refractivity contribution < 1.29 is 19.0 Å². The van der Waals surface area contributed by atoms with Gasteiger partial charge in [-0.15, -0.1) is 0 Å². The molecule has 0 aromatic heterocycles. The fraction of sp³-hybridized carbons (Fsp3) is 0.600. The summed E-state index contributed by atoms with van der Waals surface area (Å²) in [6.07, 6.45) is 0.762. The van der Waals surface area contributed by atoms with E-state index in [0.29, 0.717) is 25.2 Å². The summed E-state index contributed by atoms with van der Waals surface area (Å²) in [6, 6.07) is 5.09. The third-order valence-corrected chi connectivity index (χ3v) is 3.52. The fourth-order valence-electron chi connectivity index (χ4n) is 2.61. The van der Waals surface area contributed by atoms with Gasteiger partial charge in [0.25, 0.3) is 0 Å². The summed E-state index contributed by atoms with van der Waals surface area (Å²) >= 11 is 0. The Hall–Kier alpha value is -1.17. The number of benzene rings is 1. The molecule has 5 heteroatoms. The van der Waals surface area contributed by atoms with Crippen LogP contribution < -0.4 is 10.1 Å². The van der Waals surface area contributed by atoms with Gasteiger partial charge >= 0.3 is 0 Å². The molecule has 2 N–H and O–H groups in total. The quantitative estimate of drug-likeness (QED) is 0.860. The van der Waals surface area contributed by atoms with Crippen molar-refractivity contribution in [1.82, 2.24) is 5.32 Å². The second kappa shape index (κ2) is 6.52. The molecular formula is C15H22FNO3. The van der Waals surface area contributed by atoms with E-state index in [1.165, 1.54) is 7.11 Å². The number of methoxy groups -OCH3 is 1. The topological polar surface area (TPSA) is 50.7 Å². The molecule has 1 heterocycles. The molecule has 1 fully saturated rings. The minimum absolute atomic E-state index is 0.104. The van der Waals surface area contributed by atoms with Crippen LogP contribution in [-0.2, 0) is 11.2 Å². The van der Waals surface area contributed by atoms with Gasteiger partial charge in [-0.2, -0.15) is 0 Å². The van der Waals surface area contributed by atoms with Crippen molar-refractivity contribution >= 4 is 0 Å². The van der Waals surface area contributed by atoms with Crippen molar-refractivity contribution in [3.63, 3.8) is 0 Å². The molecule has 4 nitrogen and oxygen atoms in total. The lowest BCUT2D eigenvalue weighted by Gasteiger charge is -2.31. The van der Waals surface area contributed by atoms with Crippen LogP contribution in [0.25, 0.3) is 0 Å². The number of halogens is 1. The molecule has 112 valence electrons. The number of hydrogen-bond donors (Lipinski definition) is 2. The molecule has 1 aromatic rings. The van der Waals surface area contributed by atoms with E-state index in [0.717, 1.165) is 6.54 Å². The smallest absolute Gasteiger partial charge is 0.168 e. The van der Waals surface area contributed by atoms with E-state index < -0.39 is 11.4 Å². The van der Waals surface area contributed by atoms with Crippen LogP contribution in [0.3, 0.4) is 0 Å². The molecule has 2 unspecified atom stereocenters. The van der Waals surface area contributed by atoms with Crippen LogP contribution in [0.5, 0.6) is 5.75 Å². The van der Waals surface area contributed by atoms with E-state index >= 15 is 0 Å². The lowest BCUT2D eigenvalue weighted by atomic mass is 9.89. The second-order valence-corrected chi connectivity index (χ2v) is 5.54. The van der Waals surface area contributed by atoms with Crippen LogP contribution in [0.15, 0.2) is 18.2 Å². The largest absolute Gasteiger partial charge is 0.494 e. The molecule has 0 spiro atoms. The zero-order valence-electron chi connectivity index (χ0n) is 12.0. The number of morpholine rings is 1. The van der Waals surface area contributed by atoms with Crippen molar-refractivity contribution in [3.8, 4) is 5.75 Å². The van der Waals surface area contributed by atoms with Crippen molar-refractivity contribution in [2.45, 2.75) is 31.4 Å². The number of ether oxygens (including phenoxy) is 2. The van der Waals surface area contributed by atoms with E-state index in [2.05, 4.69) is 5.32 Å². The minimum Gasteiger partial charge on any atom is -0.494 e. The normalized spacial score (nSPS) is 22.3. The van der Waals surface area contributed by atoms with Crippen molar-refractivity contribution in [1.29, 1.82) is 0 Å². The van der Waals surface area contributed by atoms with Crippen LogP contribution in [-0.4, -0.2) is 43.6 Å². The van der Waals surface area contributed by atoms with E-state index in [9.17, 15) is 9.50 Å². The van der Waals surface area contributed by atoms with Crippen LogP contribution in [0.4, 0.5) is 4.39 Å². The molecular weight excluding hydrogens is 261 g/mol. The standard InChI is InChI=1S/C15H22FNO3/c1-15(18,9-12-10-20-7-6-17-12)8-11-4-3-5-13(19-2)14(11)16/h3-5,12,17-18H,6-10H2,1-2H3. The third-order valence-electron chi connectivity index (χ3n) is 3.52. The number of hydrogen-bond acceptors (Lipinski definition) is 4. The number of rotatable bonds is 5. The highest BCUT2D eigenvalue weighted by atomic mass is 19.1. The first kappa shape index (κ1) is 15.2. The Morgan fingerprint density at radius 1 is 1.55 bits per heavy atom. The van der Waals surface area contributed by atoms with Gasteiger partial charge in [0.05, 0.1) is 25.9 Å². The molecule has 1 saturated heterocycles. The van der Waals surface area contributed by atoms with Crippen LogP contribution in [0, 0.1) is 5.82 Å². The van der Waals surface area contributed by atoms with Gasteiger partial charge in [0.1, 0.15) is 0 Å². The highest BCUT2D eigenvalue weighted by Crippen LogP contribution is 2.26. The van der Waals surface area contributed by atoms with Crippen LogP contribution in [0.2, 0.25) is 0 Å². The maximum Gasteiger partial charge on any atom is 0.168 e. The van der Waals surface area contributed by atoms with Gasteiger partial charge in [-0.05, 0) is 25.0 Å². The summed E-state index contributed by atoms with van der Waals surface area (Å²) in [5.41, 5.74) is -0.531. The maximum atomic E-state index is 14.1. The Morgan fingerprint density at radius 3 is 3.00 bits per heavy atom. The summed E-state index contributed by atoms with van der Waals surface area (Å²) in [7, 11) is 1.43. The van der Waals surface area contributed by atoms with E-state index in [1.54, 1.807) is 25.1 Å². The average molecular weight is 283 g/mol. The van der Waals surface area contributed by atoms with E-state index in [-0.39, 0.29) is 18.2 Å². The van der Waals surface area contributed by atoms with Crippen LogP contribution >= 0.6 is 0 Å².